The number of carbonyl (C=O) groups excluding carboxylic acids is 4. The second-order valence-electron chi connectivity index (χ2n) is 13.1. The average Bonchev–Trinajstić information content (AvgIpc) is 3.25. The van der Waals surface area contributed by atoms with Gasteiger partial charge in [0, 0.05) is 29.7 Å². The summed E-state index contributed by atoms with van der Waals surface area (Å²) in [5.74, 6) is -0.805. The summed E-state index contributed by atoms with van der Waals surface area (Å²) in [6, 6.07) is 7.55. The Balaban J connectivity index is 1.12. The summed E-state index contributed by atoms with van der Waals surface area (Å²) in [5, 5.41) is 26.1. The fourth-order valence-corrected chi connectivity index (χ4v) is 8.57. The number of allylic oxidation sites excluding steroid dienone is 4. The number of rotatable bonds is 10. The van der Waals surface area contributed by atoms with E-state index in [0.717, 1.165) is 29.7 Å². The van der Waals surface area contributed by atoms with Crippen molar-refractivity contribution in [3.8, 4) is 5.75 Å². The number of ketones is 2. The Hall–Kier alpha value is -3.30. The van der Waals surface area contributed by atoms with E-state index < -0.39 is 40.9 Å². The third kappa shape index (κ3) is 5.69. The standard InChI is InChI=1S/C34H43NO8/c1-32-15-12-23(36)18-22(32)6-9-25-26-13-16-34(41,33(26,2)19-27(37)31(25)32)28(38)20-43-30(40)11-10-29(39)35-17-14-21-4-7-24(42-3)8-5-21/h4-5,7-8,12,15,18,25-27,31,37,41H,6,9-11,13-14,16-17,19-20H2,1-3H3,(H,35,39)/t25-,26-,27+,31+,32-,33-,34-/m0/s1. The largest absolute Gasteiger partial charge is 0.497 e. The van der Waals surface area contributed by atoms with Gasteiger partial charge in [0.25, 0.3) is 0 Å². The molecule has 43 heavy (non-hydrogen) atoms. The SMILES string of the molecule is COc1ccc(CCNC(=O)CCC(=O)OCC(=O)[C@@]2(O)CC[C@H]3[C@@H]4CCC5=CC(=O)C=C[C@]5(C)[C@H]4[C@H](O)C[C@@]32C)cc1. The van der Waals surface area contributed by atoms with Crippen molar-refractivity contribution >= 4 is 23.4 Å². The Kier molecular flexibility index (Phi) is 8.69. The molecule has 5 rings (SSSR count). The van der Waals surface area contributed by atoms with E-state index >= 15 is 0 Å². The van der Waals surface area contributed by atoms with Crippen molar-refractivity contribution < 1.29 is 38.9 Å². The van der Waals surface area contributed by atoms with E-state index in [9.17, 15) is 29.4 Å². The highest BCUT2D eigenvalue weighted by Crippen LogP contribution is 2.67. The van der Waals surface area contributed by atoms with Crippen LogP contribution in [0.5, 0.6) is 5.75 Å². The molecule has 4 aliphatic rings. The van der Waals surface area contributed by atoms with Gasteiger partial charge in [0.2, 0.25) is 11.7 Å². The number of aliphatic hydroxyl groups excluding tert-OH is 1. The molecule has 3 saturated carbocycles. The van der Waals surface area contributed by atoms with Gasteiger partial charge < -0.3 is 25.0 Å². The molecule has 4 aliphatic carbocycles. The van der Waals surface area contributed by atoms with Gasteiger partial charge in [-0.3, -0.25) is 19.2 Å². The third-order valence-electron chi connectivity index (χ3n) is 10.9. The van der Waals surface area contributed by atoms with Gasteiger partial charge in [0.15, 0.2) is 12.4 Å². The first-order chi connectivity index (χ1) is 20.4. The third-order valence-corrected chi connectivity index (χ3v) is 10.9. The van der Waals surface area contributed by atoms with Crippen LogP contribution in [0.2, 0.25) is 0 Å². The molecule has 0 radical (unpaired) electrons. The monoisotopic (exact) mass is 593 g/mol. The molecule has 1 aromatic rings. The topological polar surface area (TPSA) is 139 Å². The fraction of sp³-hybridized carbons (Fsp3) is 0.588. The smallest absolute Gasteiger partial charge is 0.306 e. The minimum Gasteiger partial charge on any atom is -0.497 e. The molecule has 9 nitrogen and oxygen atoms in total. The van der Waals surface area contributed by atoms with Gasteiger partial charge in [-0.25, -0.2) is 0 Å². The first-order valence-electron chi connectivity index (χ1n) is 15.3. The maximum atomic E-state index is 13.4. The predicted molar refractivity (Wildman–Crippen MR) is 158 cm³/mol. The maximum Gasteiger partial charge on any atom is 0.306 e. The second kappa shape index (κ2) is 12.0. The van der Waals surface area contributed by atoms with Crippen molar-refractivity contribution in [2.75, 3.05) is 20.3 Å². The van der Waals surface area contributed by atoms with Gasteiger partial charge in [0.1, 0.15) is 11.4 Å². The van der Waals surface area contributed by atoms with Gasteiger partial charge in [-0.15, -0.1) is 0 Å². The van der Waals surface area contributed by atoms with Crippen LogP contribution in [-0.2, 0) is 30.3 Å². The summed E-state index contributed by atoms with van der Waals surface area (Å²) in [4.78, 5) is 50.1. The maximum absolute atomic E-state index is 13.4. The van der Waals surface area contributed by atoms with Crippen LogP contribution in [0.15, 0.2) is 48.1 Å². The highest BCUT2D eigenvalue weighted by Gasteiger charge is 2.68. The van der Waals surface area contributed by atoms with E-state index in [1.54, 1.807) is 19.3 Å². The van der Waals surface area contributed by atoms with Gasteiger partial charge >= 0.3 is 5.97 Å². The summed E-state index contributed by atoms with van der Waals surface area (Å²) in [5.41, 5.74) is -0.932. The number of aliphatic hydroxyl groups is 2. The van der Waals surface area contributed by atoms with Crippen molar-refractivity contribution in [1.29, 1.82) is 0 Å². The highest BCUT2D eigenvalue weighted by atomic mass is 16.5. The zero-order valence-electron chi connectivity index (χ0n) is 25.3. The number of hydrogen-bond acceptors (Lipinski definition) is 8. The van der Waals surface area contributed by atoms with E-state index in [2.05, 4.69) is 12.2 Å². The Morgan fingerprint density at radius 1 is 1.09 bits per heavy atom. The van der Waals surface area contributed by atoms with Gasteiger partial charge in [-0.2, -0.15) is 0 Å². The molecular weight excluding hydrogens is 550 g/mol. The molecule has 0 unspecified atom stereocenters. The molecule has 0 aromatic heterocycles. The Morgan fingerprint density at radius 2 is 1.84 bits per heavy atom. The molecular formula is C34H43NO8. The molecule has 9 heteroatoms. The molecule has 232 valence electrons. The first-order valence-corrected chi connectivity index (χ1v) is 15.3. The number of esters is 1. The summed E-state index contributed by atoms with van der Waals surface area (Å²) in [6.07, 6.45) is 7.50. The first kappa shape index (κ1) is 31.1. The summed E-state index contributed by atoms with van der Waals surface area (Å²) in [7, 11) is 1.60. The highest BCUT2D eigenvalue weighted by molar-refractivity contribution is 6.01. The normalized spacial score (nSPS) is 34.3. The van der Waals surface area contributed by atoms with Crippen molar-refractivity contribution in [3.63, 3.8) is 0 Å². The number of fused-ring (bicyclic) bond motifs is 5. The number of methoxy groups -OCH3 is 1. The van der Waals surface area contributed by atoms with Crippen LogP contribution in [0.3, 0.4) is 0 Å². The lowest BCUT2D eigenvalue weighted by Crippen LogP contribution is -2.61. The van der Waals surface area contributed by atoms with Crippen LogP contribution in [-0.4, -0.2) is 65.6 Å². The number of Topliss-reactive ketones (excluding diaryl/α,β-unsaturated/α-hetero) is 1. The molecule has 0 heterocycles. The van der Waals surface area contributed by atoms with E-state index in [1.165, 1.54) is 0 Å². The molecule has 1 aromatic carbocycles. The Morgan fingerprint density at radius 3 is 2.56 bits per heavy atom. The Labute approximate surface area is 252 Å². The predicted octanol–water partition coefficient (Wildman–Crippen LogP) is 3.26. The summed E-state index contributed by atoms with van der Waals surface area (Å²) >= 11 is 0. The van der Waals surface area contributed by atoms with Crippen molar-refractivity contribution in [2.24, 2.45) is 28.6 Å². The second-order valence-corrected chi connectivity index (χ2v) is 13.1. The van der Waals surface area contributed by atoms with E-state index in [-0.39, 0.29) is 55.1 Å². The van der Waals surface area contributed by atoms with E-state index in [0.29, 0.717) is 19.4 Å². The molecule has 7 atom stereocenters. The zero-order chi connectivity index (χ0) is 31.0. The average molecular weight is 594 g/mol. The number of benzene rings is 1. The lowest BCUT2D eigenvalue weighted by Gasteiger charge is -2.59. The van der Waals surface area contributed by atoms with Gasteiger partial charge in [-0.05, 0) is 80.2 Å². The minimum absolute atomic E-state index is 0.0107. The van der Waals surface area contributed by atoms with Crippen LogP contribution in [0.4, 0.5) is 0 Å². The van der Waals surface area contributed by atoms with Crippen LogP contribution < -0.4 is 10.1 Å². The van der Waals surface area contributed by atoms with Crippen LogP contribution in [0.1, 0.15) is 64.4 Å². The molecule has 0 aliphatic heterocycles. The minimum atomic E-state index is -1.72. The number of amides is 1. The molecule has 0 bridgehead atoms. The Bertz CT molecular complexity index is 1330. The number of carbonyl (C=O) groups is 4. The van der Waals surface area contributed by atoms with E-state index in [1.807, 2.05) is 37.3 Å². The number of hydrogen-bond donors (Lipinski definition) is 3. The van der Waals surface area contributed by atoms with Crippen LogP contribution in [0.25, 0.3) is 0 Å². The van der Waals surface area contributed by atoms with Crippen molar-refractivity contribution in [1.82, 2.24) is 5.32 Å². The van der Waals surface area contributed by atoms with Crippen molar-refractivity contribution in [2.45, 2.75) is 76.9 Å². The molecule has 3 fully saturated rings. The van der Waals surface area contributed by atoms with Crippen LogP contribution >= 0.6 is 0 Å². The van der Waals surface area contributed by atoms with Gasteiger partial charge in [0.05, 0.1) is 19.6 Å². The number of ether oxygens (including phenoxy) is 2. The quantitative estimate of drug-likeness (QED) is 0.352. The molecule has 0 saturated heterocycles. The molecule has 0 spiro atoms. The zero-order valence-corrected chi connectivity index (χ0v) is 25.3. The fourth-order valence-electron chi connectivity index (χ4n) is 8.57. The van der Waals surface area contributed by atoms with Crippen molar-refractivity contribution in [3.05, 3.63) is 53.6 Å². The summed E-state index contributed by atoms with van der Waals surface area (Å²) < 4.78 is 10.4. The van der Waals surface area contributed by atoms with Crippen LogP contribution in [0, 0.1) is 28.6 Å². The molecule has 1 amide bonds. The lowest BCUT2D eigenvalue weighted by atomic mass is 9.46. The van der Waals surface area contributed by atoms with E-state index in [4.69, 9.17) is 9.47 Å². The number of nitrogens with one attached hydrogen (secondary N) is 1. The lowest BCUT2D eigenvalue weighted by molar-refractivity contribution is -0.181. The van der Waals surface area contributed by atoms with Gasteiger partial charge in [-0.1, -0.05) is 37.6 Å². The molecule has 3 N–H and O–H groups in total. The summed E-state index contributed by atoms with van der Waals surface area (Å²) in [6.45, 7) is 3.81.